The highest BCUT2D eigenvalue weighted by molar-refractivity contribution is 6.98. The Morgan fingerprint density at radius 2 is 0.696 bits per heavy atom. The van der Waals surface area contributed by atoms with E-state index in [-0.39, 0.29) is 17.5 Å². The Bertz CT molecular complexity index is 3650. The minimum atomic E-state index is -0.237. The Morgan fingerprint density at radius 3 is 1.17 bits per heavy atom. The molecule has 0 spiro atoms. The molecule has 0 aliphatic carbocycles. The maximum absolute atomic E-state index is 7.17. The van der Waals surface area contributed by atoms with Crippen molar-refractivity contribution in [1.82, 2.24) is 0 Å². The van der Waals surface area contributed by atoms with Gasteiger partial charge in [-0.05, 0) is 123 Å². The van der Waals surface area contributed by atoms with Gasteiger partial charge in [-0.3, -0.25) is 0 Å². The van der Waals surface area contributed by atoms with E-state index >= 15 is 0 Å². The van der Waals surface area contributed by atoms with Crippen LogP contribution in [0.1, 0.15) is 49.9 Å². The molecule has 2 aliphatic rings. The van der Waals surface area contributed by atoms with Crippen LogP contribution in [0.3, 0.4) is 0 Å². The largest absolute Gasteiger partial charge is 0.458 e. The highest BCUT2D eigenvalue weighted by Crippen LogP contribution is 2.49. The first-order valence-electron chi connectivity index (χ1n) is 24.2. The van der Waals surface area contributed by atoms with E-state index in [0.29, 0.717) is 0 Å². The third-order valence-corrected chi connectivity index (χ3v) is 15.4. The van der Waals surface area contributed by atoms with Crippen LogP contribution in [0, 0.1) is 0 Å². The van der Waals surface area contributed by atoms with Crippen LogP contribution in [0.5, 0.6) is 23.0 Å². The first-order chi connectivity index (χ1) is 33.7. The second kappa shape index (κ2) is 15.7. The maximum atomic E-state index is 7.17. The van der Waals surface area contributed by atoms with Gasteiger partial charge in [-0.1, -0.05) is 228 Å². The van der Waals surface area contributed by atoms with Crippen molar-refractivity contribution in [1.29, 1.82) is 0 Å². The molecule has 0 N–H and O–H groups in total. The van der Waals surface area contributed by atoms with E-state index in [1.165, 1.54) is 76.8 Å². The maximum Gasteiger partial charge on any atom is 0.260 e. The zero-order valence-corrected chi connectivity index (χ0v) is 39.3. The van der Waals surface area contributed by atoms with Gasteiger partial charge in [-0.25, -0.2) is 0 Å². The smallest absolute Gasteiger partial charge is 0.260 e. The second-order valence-electron chi connectivity index (χ2n) is 19.9. The zero-order chi connectivity index (χ0) is 46.4. The van der Waals surface area contributed by atoms with Crippen molar-refractivity contribution in [2.75, 3.05) is 0 Å². The van der Waals surface area contributed by atoms with E-state index in [1.54, 1.807) is 0 Å². The second-order valence-corrected chi connectivity index (χ2v) is 19.9. The molecule has 328 valence electrons. The van der Waals surface area contributed by atoms with E-state index in [4.69, 9.17) is 9.47 Å². The summed E-state index contributed by atoms with van der Waals surface area (Å²) in [5.74, 6) is 3.40. The van der Waals surface area contributed by atoms with Gasteiger partial charge in [-0.2, -0.15) is 0 Å². The predicted octanol–water partition coefficient (Wildman–Crippen LogP) is 15.5. The van der Waals surface area contributed by atoms with Crippen LogP contribution in [0.15, 0.2) is 224 Å². The van der Waals surface area contributed by atoms with Crippen LogP contribution in [0.2, 0.25) is 0 Å². The SMILES string of the molecule is CC(C)(c1ccccc1)c1ccc2c(c1)B1c3cc(C(C)(C)c4ccccc4)ccc3Oc3cc(-c4c5ccccc5c(-c5ccc(-c6ccccc6)c6ccccc56)c5ccccc45)cc(c31)O2. The lowest BCUT2D eigenvalue weighted by Crippen LogP contribution is -2.57. The molecule has 0 saturated carbocycles. The van der Waals surface area contributed by atoms with Gasteiger partial charge in [0.25, 0.3) is 6.71 Å². The summed E-state index contributed by atoms with van der Waals surface area (Å²) in [4.78, 5) is 0. The van der Waals surface area contributed by atoms with Crippen LogP contribution in [0.25, 0.3) is 65.7 Å². The standard InChI is InChI=1S/C66H49BO2/c1-65(2,44-22-10-6-11-23-44)46-32-36-58-56(40-46)67-57-41-47(66(3,4)45-24-12-7-13-25-45)33-37-59(57)69-61-39-43(38-60(68-58)64(61)67)62-51-28-16-18-30-53(51)63(54-31-19-17-29-52(54)62)55-35-34-48(42-20-8-5-9-21-42)49-26-14-15-27-50(49)55/h5-41H,1-4H3. The molecule has 2 heterocycles. The molecule has 2 aliphatic heterocycles. The molecule has 69 heavy (non-hydrogen) atoms. The first kappa shape index (κ1) is 41.1. The van der Waals surface area contributed by atoms with Gasteiger partial charge in [0.1, 0.15) is 23.0 Å². The molecule has 0 aromatic heterocycles. The summed E-state index contributed by atoms with van der Waals surface area (Å²) in [6.07, 6.45) is 0. The zero-order valence-electron chi connectivity index (χ0n) is 39.3. The fourth-order valence-electron chi connectivity index (χ4n) is 11.6. The lowest BCUT2D eigenvalue weighted by molar-refractivity contribution is 0.464. The Kier molecular flexibility index (Phi) is 9.36. The number of hydrogen-bond donors (Lipinski definition) is 0. The third kappa shape index (κ3) is 6.48. The van der Waals surface area contributed by atoms with E-state index < -0.39 is 0 Å². The summed E-state index contributed by atoms with van der Waals surface area (Å²) >= 11 is 0. The highest BCUT2D eigenvalue weighted by atomic mass is 16.5. The van der Waals surface area contributed by atoms with E-state index in [0.717, 1.165) is 50.5 Å². The van der Waals surface area contributed by atoms with Crippen LogP contribution in [0.4, 0.5) is 0 Å². The molecule has 0 fully saturated rings. The molecule has 2 nitrogen and oxygen atoms in total. The molecular weight excluding hydrogens is 836 g/mol. The predicted molar refractivity (Wildman–Crippen MR) is 290 cm³/mol. The van der Waals surface area contributed by atoms with Crippen molar-refractivity contribution >= 4 is 55.4 Å². The summed E-state index contributed by atoms with van der Waals surface area (Å²) < 4.78 is 14.3. The third-order valence-electron chi connectivity index (χ3n) is 15.4. The molecular formula is C66H49BO2. The molecule has 0 atom stereocenters. The fraction of sp³-hybridized carbons (Fsp3) is 0.0909. The molecule has 3 heteroatoms. The van der Waals surface area contributed by atoms with Crippen molar-refractivity contribution < 1.29 is 9.47 Å². The van der Waals surface area contributed by atoms with Gasteiger partial charge in [0.05, 0.1) is 0 Å². The molecule has 0 radical (unpaired) electrons. The average molecular weight is 885 g/mol. The average Bonchev–Trinajstić information content (AvgIpc) is 3.40. The van der Waals surface area contributed by atoms with Crippen molar-refractivity contribution in [2.45, 2.75) is 38.5 Å². The number of ether oxygens (including phenoxy) is 2. The lowest BCUT2D eigenvalue weighted by atomic mass is 9.34. The van der Waals surface area contributed by atoms with Gasteiger partial charge in [0, 0.05) is 16.3 Å². The van der Waals surface area contributed by atoms with Crippen LogP contribution >= 0.6 is 0 Å². The summed E-state index contributed by atoms with van der Waals surface area (Å²) in [6.45, 7) is 9.16. The van der Waals surface area contributed by atoms with Gasteiger partial charge < -0.3 is 9.47 Å². The van der Waals surface area contributed by atoms with Gasteiger partial charge in [0.15, 0.2) is 0 Å². The summed E-state index contributed by atoms with van der Waals surface area (Å²) in [7, 11) is 0. The molecule has 0 unspecified atom stereocenters. The van der Waals surface area contributed by atoms with Gasteiger partial charge in [-0.15, -0.1) is 0 Å². The number of fused-ring (bicyclic) bond motifs is 7. The Labute approximate surface area is 404 Å². The topological polar surface area (TPSA) is 18.5 Å². The molecule has 11 aromatic rings. The van der Waals surface area contributed by atoms with Crippen molar-refractivity contribution in [2.24, 2.45) is 0 Å². The van der Waals surface area contributed by atoms with Crippen molar-refractivity contribution in [3.8, 4) is 56.4 Å². The fourth-order valence-corrected chi connectivity index (χ4v) is 11.6. The molecule has 0 amide bonds. The monoisotopic (exact) mass is 884 g/mol. The molecule has 0 saturated heterocycles. The number of benzene rings is 11. The van der Waals surface area contributed by atoms with Crippen molar-refractivity contribution in [3.05, 3.63) is 247 Å². The lowest BCUT2D eigenvalue weighted by Gasteiger charge is -2.36. The minimum Gasteiger partial charge on any atom is -0.458 e. The normalized spacial score (nSPS) is 12.8. The summed E-state index contributed by atoms with van der Waals surface area (Å²) in [5.41, 5.74) is 15.1. The van der Waals surface area contributed by atoms with Crippen molar-refractivity contribution in [3.63, 3.8) is 0 Å². The summed E-state index contributed by atoms with van der Waals surface area (Å²) in [6, 6.07) is 82.0. The van der Waals surface area contributed by atoms with E-state index in [9.17, 15) is 0 Å². The Balaban J connectivity index is 1.02. The highest BCUT2D eigenvalue weighted by Gasteiger charge is 2.42. The van der Waals surface area contributed by atoms with E-state index in [2.05, 4.69) is 252 Å². The minimum absolute atomic E-state index is 0.113. The molecule has 0 bridgehead atoms. The quantitative estimate of drug-likeness (QED) is 0.117. The van der Waals surface area contributed by atoms with Crippen LogP contribution in [-0.4, -0.2) is 6.71 Å². The Hall–Kier alpha value is -8.14. The number of rotatable bonds is 7. The Morgan fingerprint density at radius 1 is 0.304 bits per heavy atom. The van der Waals surface area contributed by atoms with Crippen LogP contribution in [-0.2, 0) is 10.8 Å². The van der Waals surface area contributed by atoms with Crippen LogP contribution < -0.4 is 25.9 Å². The molecule has 13 rings (SSSR count). The molecule has 11 aromatic carbocycles. The first-order valence-corrected chi connectivity index (χ1v) is 24.2. The van der Waals surface area contributed by atoms with Gasteiger partial charge >= 0.3 is 0 Å². The van der Waals surface area contributed by atoms with Gasteiger partial charge in [0.2, 0.25) is 0 Å². The summed E-state index contributed by atoms with van der Waals surface area (Å²) in [5, 5.41) is 7.23. The number of hydrogen-bond acceptors (Lipinski definition) is 2. The van der Waals surface area contributed by atoms with E-state index in [1.807, 2.05) is 0 Å².